The molecule has 0 aliphatic rings. The van der Waals surface area contributed by atoms with Crippen molar-refractivity contribution < 1.29 is 19.1 Å². The quantitative estimate of drug-likeness (QED) is 0.832. The summed E-state index contributed by atoms with van der Waals surface area (Å²) in [5.41, 5.74) is 1.22. The molecular formula is C18H21N3O4. The summed E-state index contributed by atoms with van der Waals surface area (Å²) in [6.07, 6.45) is 1.65. The molecule has 1 N–H and O–H groups in total. The van der Waals surface area contributed by atoms with Crippen LogP contribution in [0.25, 0.3) is 0 Å². The SMILES string of the molecule is COc1ccc(NC(=O)CN(Cc2ccccn2)C(C)=O)c(OC)c1. The van der Waals surface area contributed by atoms with Crippen molar-refractivity contribution in [2.24, 2.45) is 0 Å². The molecule has 1 aromatic heterocycles. The van der Waals surface area contributed by atoms with E-state index in [2.05, 4.69) is 10.3 Å². The maximum atomic E-state index is 12.3. The number of carbonyl (C=O) groups is 2. The van der Waals surface area contributed by atoms with Crippen molar-refractivity contribution in [3.63, 3.8) is 0 Å². The molecule has 0 radical (unpaired) electrons. The van der Waals surface area contributed by atoms with Crippen molar-refractivity contribution in [3.8, 4) is 11.5 Å². The predicted molar refractivity (Wildman–Crippen MR) is 93.5 cm³/mol. The number of benzene rings is 1. The normalized spacial score (nSPS) is 10.0. The van der Waals surface area contributed by atoms with Crippen molar-refractivity contribution >= 4 is 17.5 Å². The number of carbonyl (C=O) groups excluding carboxylic acids is 2. The first kappa shape index (κ1) is 18.3. The molecule has 0 atom stereocenters. The number of amides is 2. The van der Waals surface area contributed by atoms with E-state index in [-0.39, 0.29) is 24.9 Å². The molecule has 2 amide bonds. The van der Waals surface area contributed by atoms with Gasteiger partial charge in [0.15, 0.2) is 0 Å². The lowest BCUT2D eigenvalue weighted by atomic mass is 10.2. The third-order valence-corrected chi connectivity index (χ3v) is 3.54. The van der Waals surface area contributed by atoms with Gasteiger partial charge in [-0.25, -0.2) is 0 Å². The molecule has 0 saturated heterocycles. The van der Waals surface area contributed by atoms with Crippen molar-refractivity contribution in [1.82, 2.24) is 9.88 Å². The lowest BCUT2D eigenvalue weighted by molar-refractivity contribution is -0.133. The maximum Gasteiger partial charge on any atom is 0.244 e. The van der Waals surface area contributed by atoms with E-state index in [1.165, 1.54) is 18.9 Å². The van der Waals surface area contributed by atoms with Crippen LogP contribution in [0.1, 0.15) is 12.6 Å². The molecule has 1 aromatic carbocycles. The number of ether oxygens (including phenoxy) is 2. The number of rotatable bonds is 7. The smallest absolute Gasteiger partial charge is 0.244 e. The number of pyridine rings is 1. The summed E-state index contributed by atoms with van der Waals surface area (Å²) in [7, 11) is 3.06. The third kappa shape index (κ3) is 5.20. The zero-order valence-electron chi connectivity index (χ0n) is 14.5. The Balaban J connectivity index is 2.05. The predicted octanol–water partition coefficient (Wildman–Crippen LogP) is 2.09. The van der Waals surface area contributed by atoms with Gasteiger partial charge in [-0.05, 0) is 24.3 Å². The van der Waals surface area contributed by atoms with Crippen LogP contribution in [0, 0.1) is 0 Å². The van der Waals surface area contributed by atoms with Gasteiger partial charge in [0.05, 0.1) is 32.1 Å². The van der Waals surface area contributed by atoms with Gasteiger partial charge in [0.2, 0.25) is 11.8 Å². The molecule has 25 heavy (non-hydrogen) atoms. The second kappa shape index (κ2) is 8.68. The molecule has 1 heterocycles. The van der Waals surface area contributed by atoms with Gasteiger partial charge in [-0.2, -0.15) is 0 Å². The van der Waals surface area contributed by atoms with Crippen LogP contribution in [-0.2, 0) is 16.1 Å². The first-order chi connectivity index (χ1) is 12.0. The summed E-state index contributed by atoms with van der Waals surface area (Å²) in [5, 5.41) is 2.75. The number of nitrogens with zero attached hydrogens (tertiary/aromatic N) is 2. The molecule has 0 unspecified atom stereocenters. The lowest BCUT2D eigenvalue weighted by Gasteiger charge is -2.20. The van der Waals surface area contributed by atoms with Crippen LogP contribution < -0.4 is 14.8 Å². The zero-order chi connectivity index (χ0) is 18.2. The average molecular weight is 343 g/mol. The third-order valence-electron chi connectivity index (χ3n) is 3.54. The van der Waals surface area contributed by atoms with Crippen molar-refractivity contribution in [2.45, 2.75) is 13.5 Å². The summed E-state index contributed by atoms with van der Waals surface area (Å²) in [6.45, 7) is 1.61. The van der Waals surface area contributed by atoms with Gasteiger partial charge < -0.3 is 19.7 Å². The molecular weight excluding hydrogens is 322 g/mol. The molecule has 0 spiro atoms. The Kier molecular flexibility index (Phi) is 6.33. The number of anilines is 1. The van der Waals surface area contributed by atoms with Crippen molar-refractivity contribution in [2.75, 3.05) is 26.1 Å². The highest BCUT2D eigenvalue weighted by Crippen LogP contribution is 2.28. The van der Waals surface area contributed by atoms with E-state index in [4.69, 9.17) is 9.47 Å². The topological polar surface area (TPSA) is 80.8 Å². The van der Waals surface area contributed by atoms with E-state index >= 15 is 0 Å². The van der Waals surface area contributed by atoms with Crippen LogP contribution >= 0.6 is 0 Å². The Morgan fingerprint density at radius 2 is 1.96 bits per heavy atom. The van der Waals surface area contributed by atoms with E-state index in [1.807, 2.05) is 6.07 Å². The molecule has 0 aliphatic carbocycles. The van der Waals surface area contributed by atoms with E-state index < -0.39 is 0 Å². The minimum absolute atomic E-state index is 0.0823. The molecule has 0 saturated carbocycles. The highest BCUT2D eigenvalue weighted by atomic mass is 16.5. The van der Waals surface area contributed by atoms with E-state index in [0.29, 0.717) is 22.9 Å². The standard InChI is InChI=1S/C18H21N3O4/c1-13(22)21(11-14-6-4-5-9-19-14)12-18(23)20-16-8-7-15(24-2)10-17(16)25-3/h4-10H,11-12H2,1-3H3,(H,20,23). The number of nitrogens with one attached hydrogen (secondary N) is 1. The minimum atomic E-state index is -0.324. The van der Waals surface area contributed by atoms with E-state index in [9.17, 15) is 9.59 Å². The largest absolute Gasteiger partial charge is 0.497 e. The molecule has 7 heteroatoms. The van der Waals surface area contributed by atoms with Gasteiger partial charge in [0.1, 0.15) is 18.0 Å². The van der Waals surface area contributed by atoms with Crippen molar-refractivity contribution in [3.05, 3.63) is 48.3 Å². The van der Waals surface area contributed by atoms with Gasteiger partial charge in [-0.15, -0.1) is 0 Å². The Morgan fingerprint density at radius 1 is 1.16 bits per heavy atom. The van der Waals surface area contributed by atoms with Crippen LogP contribution in [-0.4, -0.2) is 42.5 Å². The molecule has 0 bridgehead atoms. The van der Waals surface area contributed by atoms with E-state index in [0.717, 1.165) is 0 Å². The molecule has 2 aromatic rings. The summed E-state index contributed by atoms with van der Waals surface area (Å²) in [6, 6.07) is 10.5. The maximum absolute atomic E-state index is 12.3. The molecule has 132 valence electrons. The number of hydrogen-bond acceptors (Lipinski definition) is 5. The monoisotopic (exact) mass is 343 g/mol. The van der Waals surface area contributed by atoms with Crippen molar-refractivity contribution in [1.29, 1.82) is 0 Å². The fourth-order valence-electron chi connectivity index (χ4n) is 2.23. The Morgan fingerprint density at radius 3 is 2.56 bits per heavy atom. The second-order valence-electron chi connectivity index (χ2n) is 5.31. The lowest BCUT2D eigenvalue weighted by Crippen LogP contribution is -2.36. The second-order valence-corrected chi connectivity index (χ2v) is 5.31. The van der Waals surface area contributed by atoms with Gasteiger partial charge in [-0.1, -0.05) is 6.07 Å². The highest BCUT2D eigenvalue weighted by Gasteiger charge is 2.16. The van der Waals surface area contributed by atoms with Gasteiger partial charge in [0, 0.05) is 19.2 Å². The molecule has 0 fully saturated rings. The fourth-order valence-corrected chi connectivity index (χ4v) is 2.23. The first-order valence-electron chi connectivity index (χ1n) is 7.70. The minimum Gasteiger partial charge on any atom is -0.497 e. The number of methoxy groups -OCH3 is 2. The molecule has 2 rings (SSSR count). The average Bonchev–Trinajstić information content (AvgIpc) is 2.62. The number of hydrogen-bond donors (Lipinski definition) is 1. The summed E-state index contributed by atoms with van der Waals surface area (Å²) >= 11 is 0. The summed E-state index contributed by atoms with van der Waals surface area (Å²) in [5.74, 6) is 0.569. The first-order valence-corrected chi connectivity index (χ1v) is 7.70. The van der Waals surface area contributed by atoms with Gasteiger partial charge in [0.25, 0.3) is 0 Å². The van der Waals surface area contributed by atoms with Gasteiger partial charge in [-0.3, -0.25) is 14.6 Å². The van der Waals surface area contributed by atoms with Crippen LogP contribution in [0.4, 0.5) is 5.69 Å². The summed E-state index contributed by atoms with van der Waals surface area (Å²) in [4.78, 5) is 29.8. The van der Waals surface area contributed by atoms with Crippen LogP contribution in [0.5, 0.6) is 11.5 Å². The number of aromatic nitrogens is 1. The summed E-state index contributed by atoms with van der Waals surface area (Å²) < 4.78 is 10.4. The highest BCUT2D eigenvalue weighted by molar-refractivity contribution is 5.95. The van der Waals surface area contributed by atoms with Crippen LogP contribution in [0.15, 0.2) is 42.6 Å². The van der Waals surface area contributed by atoms with E-state index in [1.54, 1.807) is 43.6 Å². The molecule has 0 aliphatic heterocycles. The van der Waals surface area contributed by atoms with Crippen LogP contribution in [0.3, 0.4) is 0 Å². The van der Waals surface area contributed by atoms with Crippen LogP contribution in [0.2, 0.25) is 0 Å². The fraction of sp³-hybridized carbons (Fsp3) is 0.278. The van der Waals surface area contributed by atoms with Gasteiger partial charge >= 0.3 is 0 Å². The molecule has 7 nitrogen and oxygen atoms in total. The Hall–Kier alpha value is -3.09. The Bertz CT molecular complexity index is 734. The Labute approximate surface area is 146 Å². The zero-order valence-corrected chi connectivity index (χ0v) is 14.5.